The van der Waals surface area contributed by atoms with Crippen LogP contribution in [0, 0.1) is 12.8 Å². The molecule has 0 spiro atoms. The third-order valence-electron chi connectivity index (χ3n) is 3.88. The minimum atomic E-state index is 0.0334. The predicted octanol–water partition coefficient (Wildman–Crippen LogP) is 0.868. The second-order valence-electron chi connectivity index (χ2n) is 5.17. The van der Waals surface area contributed by atoms with E-state index >= 15 is 0 Å². The molecule has 1 aromatic rings. The Morgan fingerprint density at radius 1 is 1.50 bits per heavy atom. The first kappa shape index (κ1) is 11.3. The summed E-state index contributed by atoms with van der Waals surface area (Å²) in [7, 11) is 0. The van der Waals surface area contributed by atoms with Gasteiger partial charge in [0.05, 0.1) is 0 Å². The fourth-order valence-electron chi connectivity index (χ4n) is 3.03. The number of oxime groups is 1. The van der Waals surface area contributed by atoms with Crippen molar-refractivity contribution in [3.63, 3.8) is 0 Å². The number of aryl methyl sites for hydroxylation is 1. The lowest BCUT2D eigenvalue weighted by Gasteiger charge is -2.27. The molecule has 2 aliphatic rings. The molecule has 3 N–H and O–H groups in total. The molecule has 18 heavy (non-hydrogen) atoms. The third kappa shape index (κ3) is 1.77. The van der Waals surface area contributed by atoms with E-state index < -0.39 is 0 Å². The van der Waals surface area contributed by atoms with Crippen LogP contribution in [0.5, 0.6) is 0 Å². The van der Waals surface area contributed by atoms with E-state index in [0.717, 1.165) is 18.2 Å². The molecular weight excluding hydrogens is 230 g/mol. The Hall–Kier alpha value is -1.85. The maximum Gasteiger partial charge on any atom is 0.226 e. The fraction of sp³-hybridized carbons (Fsp3) is 0.583. The number of hydrogen-bond donors (Lipinski definition) is 2. The maximum absolute atomic E-state index is 8.73. The van der Waals surface area contributed by atoms with Gasteiger partial charge in [-0.15, -0.1) is 0 Å². The van der Waals surface area contributed by atoms with Crippen LogP contribution < -0.4 is 10.6 Å². The predicted molar refractivity (Wildman–Crippen MR) is 67.8 cm³/mol. The van der Waals surface area contributed by atoms with Gasteiger partial charge in [0.25, 0.3) is 0 Å². The van der Waals surface area contributed by atoms with Gasteiger partial charge < -0.3 is 15.8 Å². The average Bonchev–Trinajstić information content (AvgIpc) is 2.99. The van der Waals surface area contributed by atoms with Gasteiger partial charge in [0.1, 0.15) is 5.69 Å². The van der Waals surface area contributed by atoms with Crippen molar-refractivity contribution in [2.45, 2.75) is 32.2 Å². The van der Waals surface area contributed by atoms with Crippen molar-refractivity contribution in [1.29, 1.82) is 0 Å². The molecule has 2 heterocycles. The largest absolute Gasteiger partial charge is 0.409 e. The third-order valence-corrected chi connectivity index (χ3v) is 3.88. The molecule has 3 rings (SSSR count). The average molecular weight is 247 g/mol. The van der Waals surface area contributed by atoms with Crippen molar-refractivity contribution in [3.8, 4) is 0 Å². The summed E-state index contributed by atoms with van der Waals surface area (Å²) in [4.78, 5) is 11.1. The Morgan fingerprint density at radius 2 is 2.33 bits per heavy atom. The lowest BCUT2D eigenvalue weighted by atomic mass is 10.1. The van der Waals surface area contributed by atoms with Gasteiger partial charge in [-0.25, -0.2) is 9.97 Å². The van der Waals surface area contributed by atoms with Crippen molar-refractivity contribution in [3.05, 3.63) is 17.5 Å². The van der Waals surface area contributed by atoms with E-state index in [2.05, 4.69) is 20.0 Å². The Labute approximate surface area is 106 Å². The van der Waals surface area contributed by atoms with Gasteiger partial charge in [-0.3, -0.25) is 0 Å². The molecule has 2 fully saturated rings. The standard InChI is InChI=1S/C12H17N5O/c1-7-4-10(11(13)16-18)15-12(14-7)17-6-8-2-3-9(17)5-8/h4,8-9,18H,2-3,5-6H2,1H3,(H2,13,16). The molecular formula is C12H17N5O. The zero-order chi connectivity index (χ0) is 12.7. The Kier molecular flexibility index (Phi) is 2.57. The van der Waals surface area contributed by atoms with Crippen LogP contribution in [0.25, 0.3) is 0 Å². The van der Waals surface area contributed by atoms with Gasteiger partial charge in [0, 0.05) is 18.3 Å². The summed E-state index contributed by atoms with van der Waals surface area (Å²) in [5.74, 6) is 1.53. The highest BCUT2D eigenvalue weighted by Crippen LogP contribution is 2.38. The van der Waals surface area contributed by atoms with Crippen LogP contribution in [0.15, 0.2) is 11.2 Å². The molecule has 0 aromatic carbocycles. The lowest BCUT2D eigenvalue weighted by Crippen LogP contribution is -2.34. The zero-order valence-electron chi connectivity index (χ0n) is 10.4. The van der Waals surface area contributed by atoms with Gasteiger partial charge in [0.2, 0.25) is 5.95 Å². The van der Waals surface area contributed by atoms with E-state index in [9.17, 15) is 0 Å². The van der Waals surface area contributed by atoms with Crippen LogP contribution in [0.1, 0.15) is 30.7 Å². The van der Waals surface area contributed by atoms with Gasteiger partial charge in [-0.05, 0) is 38.2 Å². The molecule has 6 nitrogen and oxygen atoms in total. The molecule has 0 amide bonds. The zero-order valence-corrected chi connectivity index (χ0v) is 10.4. The van der Waals surface area contributed by atoms with E-state index in [1.807, 2.05) is 6.92 Å². The topological polar surface area (TPSA) is 87.6 Å². The summed E-state index contributed by atoms with van der Waals surface area (Å²) in [6, 6.07) is 2.30. The molecule has 1 aliphatic heterocycles. The number of nitrogens with zero attached hydrogens (tertiary/aromatic N) is 4. The van der Waals surface area contributed by atoms with Crippen molar-refractivity contribution in [2.75, 3.05) is 11.4 Å². The maximum atomic E-state index is 8.73. The Balaban J connectivity index is 1.95. The number of hydrogen-bond acceptors (Lipinski definition) is 5. The fourth-order valence-corrected chi connectivity index (χ4v) is 3.03. The minimum absolute atomic E-state index is 0.0334. The first-order chi connectivity index (χ1) is 8.67. The Bertz CT molecular complexity index is 501. The number of rotatable bonds is 2. The first-order valence-electron chi connectivity index (χ1n) is 6.27. The minimum Gasteiger partial charge on any atom is -0.409 e. The van der Waals surface area contributed by atoms with Crippen LogP contribution in [0.2, 0.25) is 0 Å². The van der Waals surface area contributed by atoms with E-state index in [-0.39, 0.29) is 5.84 Å². The summed E-state index contributed by atoms with van der Waals surface area (Å²) in [5, 5.41) is 11.7. The van der Waals surface area contributed by atoms with Gasteiger partial charge >= 0.3 is 0 Å². The number of aromatic nitrogens is 2. The van der Waals surface area contributed by atoms with Gasteiger partial charge in [0.15, 0.2) is 5.84 Å². The monoisotopic (exact) mass is 247 g/mol. The van der Waals surface area contributed by atoms with Crippen LogP contribution in [0.3, 0.4) is 0 Å². The molecule has 0 radical (unpaired) electrons. The molecule has 96 valence electrons. The highest BCUT2D eigenvalue weighted by Gasteiger charge is 2.39. The summed E-state index contributed by atoms with van der Waals surface area (Å²) in [6.45, 7) is 2.93. The normalized spacial score (nSPS) is 26.9. The van der Waals surface area contributed by atoms with Crippen LogP contribution in [-0.4, -0.2) is 33.6 Å². The molecule has 1 aliphatic carbocycles. The second kappa shape index (κ2) is 4.12. The van der Waals surface area contributed by atoms with Gasteiger partial charge in [-0.1, -0.05) is 5.16 Å². The van der Waals surface area contributed by atoms with E-state index in [0.29, 0.717) is 17.7 Å². The number of amidine groups is 1. The molecule has 1 saturated carbocycles. The number of piperidine rings is 1. The Morgan fingerprint density at radius 3 is 2.94 bits per heavy atom. The highest BCUT2D eigenvalue weighted by molar-refractivity contribution is 5.95. The first-order valence-corrected chi connectivity index (χ1v) is 6.27. The smallest absolute Gasteiger partial charge is 0.226 e. The summed E-state index contributed by atoms with van der Waals surface area (Å²) >= 11 is 0. The summed E-state index contributed by atoms with van der Waals surface area (Å²) < 4.78 is 0. The number of nitrogens with two attached hydrogens (primary N) is 1. The molecule has 6 heteroatoms. The molecule has 2 bridgehead atoms. The van der Waals surface area contributed by atoms with Crippen molar-refractivity contribution >= 4 is 11.8 Å². The number of fused-ring (bicyclic) bond motifs is 2. The SMILES string of the molecule is Cc1cc(/C(N)=N/O)nc(N2CC3CCC2C3)n1. The van der Waals surface area contributed by atoms with Crippen molar-refractivity contribution in [2.24, 2.45) is 16.8 Å². The van der Waals surface area contributed by atoms with E-state index in [4.69, 9.17) is 10.9 Å². The molecule has 2 unspecified atom stereocenters. The second-order valence-corrected chi connectivity index (χ2v) is 5.17. The van der Waals surface area contributed by atoms with Crippen LogP contribution >= 0.6 is 0 Å². The molecule has 1 saturated heterocycles. The van der Waals surface area contributed by atoms with E-state index in [1.54, 1.807) is 6.07 Å². The van der Waals surface area contributed by atoms with Crippen molar-refractivity contribution < 1.29 is 5.21 Å². The summed E-state index contributed by atoms with van der Waals surface area (Å²) in [5.41, 5.74) is 6.92. The summed E-state index contributed by atoms with van der Waals surface area (Å²) in [6.07, 6.45) is 3.79. The van der Waals surface area contributed by atoms with Crippen molar-refractivity contribution in [1.82, 2.24) is 9.97 Å². The van der Waals surface area contributed by atoms with Crippen LogP contribution in [-0.2, 0) is 0 Å². The number of anilines is 1. The van der Waals surface area contributed by atoms with Crippen LogP contribution in [0.4, 0.5) is 5.95 Å². The lowest BCUT2D eigenvalue weighted by molar-refractivity contribution is 0.318. The molecule has 1 aromatic heterocycles. The quantitative estimate of drug-likeness (QED) is 0.350. The van der Waals surface area contributed by atoms with E-state index in [1.165, 1.54) is 19.3 Å². The van der Waals surface area contributed by atoms with Gasteiger partial charge in [-0.2, -0.15) is 0 Å². The molecule has 2 atom stereocenters. The highest BCUT2D eigenvalue weighted by atomic mass is 16.4.